The normalized spacial score (nSPS) is 15.5. The number of ether oxygens (including phenoxy) is 2. The third kappa shape index (κ3) is 5.67. The average Bonchev–Trinajstić information content (AvgIpc) is 3.57. The van der Waals surface area contributed by atoms with Gasteiger partial charge in [-0.3, -0.25) is 9.78 Å². The minimum absolute atomic E-state index is 0.317. The molecule has 0 saturated heterocycles. The number of amides is 1. The van der Waals surface area contributed by atoms with Gasteiger partial charge in [-0.1, -0.05) is 12.1 Å². The molecule has 1 fully saturated rings. The van der Waals surface area contributed by atoms with Crippen LogP contribution in [-0.2, 0) is 5.54 Å². The zero-order valence-corrected chi connectivity index (χ0v) is 19.6. The second-order valence-corrected chi connectivity index (χ2v) is 8.63. The Morgan fingerprint density at radius 2 is 1.86 bits per heavy atom. The Morgan fingerprint density at radius 1 is 1.14 bits per heavy atom. The summed E-state index contributed by atoms with van der Waals surface area (Å²) in [5, 5.41) is 3.69. The van der Waals surface area contributed by atoms with Gasteiger partial charge in [0.2, 0.25) is 0 Å². The Kier molecular flexibility index (Phi) is 6.60. The first-order valence-corrected chi connectivity index (χ1v) is 11.1. The van der Waals surface area contributed by atoms with Crippen LogP contribution in [0, 0.1) is 6.92 Å². The number of hydrogen-bond donors (Lipinski definition) is 1. The third-order valence-corrected chi connectivity index (χ3v) is 5.99. The molecule has 9 heteroatoms. The van der Waals surface area contributed by atoms with E-state index in [0.717, 1.165) is 12.1 Å². The lowest BCUT2D eigenvalue weighted by Crippen LogP contribution is -2.35. The molecule has 2 heterocycles. The summed E-state index contributed by atoms with van der Waals surface area (Å²) in [5.41, 5.74) is 1.36. The highest BCUT2D eigenvalue weighted by Gasteiger charge is 2.47. The van der Waals surface area contributed by atoms with Gasteiger partial charge in [0, 0.05) is 36.8 Å². The maximum atomic E-state index is 13.0. The zero-order valence-electron chi connectivity index (χ0n) is 19.6. The van der Waals surface area contributed by atoms with Crippen LogP contribution in [0.25, 0.3) is 10.9 Å². The number of likely N-dealkylation sites (N-methyl/N-ethyl adjacent to an activating group) is 1. The van der Waals surface area contributed by atoms with Gasteiger partial charge in [-0.25, -0.2) is 0 Å². The van der Waals surface area contributed by atoms with Crippen LogP contribution in [0.15, 0.2) is 60.9 Å². The molecule has 35 heavy (non-hydrogen) atoms. The third-order valence-electron chi connectivity index (χ3n) is 5.99. The lowest BCUT2D eigenvalue weighted by molar-refractivity contribution is -0.274. The Morgan fingerprint density at radius 3 is 2.43 bits per heavy atom. The Balaban J connectivity index is 0.000000514. The summed E-state index contributed by atoms with van der Waals surface area (Å²) in [7, 11) is 3.57. The SMILES string of the molecule is CN1C=CC1.COc1ccc(C)c(C(=O)NC2(c3cc(OC(F)(F)F)cc4ncccc34)CC2)c1. The number of aromatic nitrogens is 1. The number of rotatable bonds is 5. The molecule has 5 rings (SSSR count). The van der Waals surface area contributed by atoms with Gasteiger partial charge in [0.1, 0.15) is 11.5 Å². The van der Waals surface area contributed by atoms with E-state index in [2.05, 4.69) is 39.3 Å². The van der Waals surface area contributed by atoms with Crippen molar-refractivity contribution in [1.82, 2.24) is 15.2 Å². The number of carbonyl (C=O) groups excluding carboxylic acids is 1. The van der Waals surface area contributed by atoms with Crippen molar-refractivity contribution in [2.24, 2.45) is 0 Å². The number of hydrogen-bond acceptors (Lipinski definition) is 5. The first kappa shape index (κ1) is 24.4. The fourth-order valence-electron chi connectivity index (χ4n) is 3.91. The summed E-state index contributed by atoms with van der Waals surface area (Å²) in [6, 6.07) is 11.3. The van der Waals surface area contributed by atoms with E-state index in [0.29, 0.717) is 40.6 Å². The topological polar surface area (TPSA) is 63.7 Å². The second kappa shape index (κ2) is 9.48. The quantitative estimate of drug-likeness (QED) is 0.530. The summed E-state index contributed by atoms with van der Waals surface area (Å²) < 4.78 is 47.8. The van der Waals surface area contributed by atoms with Crippen molar-refractivity contribution in [1.29, 1.82) is 0 Å². The lowest BCUT2D eigenvalue weighted by Gasteiger charge is -2.22. The van der Waals surface area contributed by atoms with E-state index in [9.17, 15) is 18.0 Å². The molecule has 1 N–H and O–H groups in total. The number of halogens is 3. The molecule has 2 aromatic carbocycles. The molecule has 1 aliphatic heterocycles. The highest BCUT2D eigenvalue weighted by Crippen LogP contribution is 2.49. The van der Waals surface area contributed by atoms with Crippen LogP contribution in [0.4, 0.5) is 13.2 Å². The van der Waals surface area contributed by atoms with E-state index in [1.807, 2.05) is 6.92 Å². The molecule has 1 aliphatic carbocycles. The number of aryl methyl sites for hydroxylation is 1. The fraction of sp³-hybridized carbons (Fsp3) is 0.308. The Hall–Kier alpha value is -3.75. The molecule has 6 nitrogen and oxygen atoms in total. The molecule has 2 aliphatic rings. The van der Waals surface area contributed by atoms with E-state index in [-0.39, 0.29) is 11.7 Å². The number of alkyl halides is 3. The fourth-order valence-corrected chi connectivity index (χ4v) is 3.91. The van der Waals surface area contributed by atoms with Gasteiger partial charge in [0.05, 0.1) is 18.2 Å². The van der Waals surface area contributed by atoms with E-state index >= 15 is 0 Å². The summed E-state index contributed by atoms with van der Waals surface area (Å²) in [4.78, 5) is 19.3. The van der Waals surface area contributed by atoms with Gasteiger partial charge >= 0.3 is 6.36 Å². The van der Waals surface area contributed by atoms with Crippen molar-refractivity contribution in [3.63, 3.8) is 0 Å². The molecule has 0 bridgehead atoms. The van der Waals surface area contributed by atoms with Gasteiger partial charge in [0.15, 0.2) is 0 Å². The predicted molar refractivity (Wildman–Crippen MR) is 126 cm³/mol. The highest BCUT2D eigenvalue weighted by atomic mass is 19.4. The van der Waals surface area contributed by atoms with Gasteiger partial charge in [-0.15, -0.1) is 13.2 Å². The summed E-state index contributed by atoms with van der Waals surface area (Å²) in [6.07, 6.45) is 2.06. The minimum Gasteiger partial charge on any atom is -0.497 e. The lowest BCUT2D eigenvalue weighted by atomic mass is 9.97. The number of carbonyl (C=O) groups is 1. The van der Waals surface area contributed by atoms with E-state index in [4.69, 9.17) is 4.74 Å². The molecule has 0 radical (unpaired) electrons. The van der Waals surface area contributed by atoms with E-state index < -0.39 is 11.9 Å². The van der Waals surface area contributed by atoms with Gasteiger partial charge in [0.25, 0.3) is 5.91 Å². The number of methoxy groups -OCH3 is 1. The number of benzene rings is 2. The van der Waals surface area contributed by atoms with Crippen LogP contribution in [-0.4, -0.2) is 42.9 Å². The van der Waals surface area contributed by atoms with Crippen molar-refractivity contribution in [3.8, 4) is 11.5 Å². The number of pyridine rings is 1. The van der Waals surface area contributed by atoms with Crippen LogP contribution in [0.2, 0.25) is 0 Å². The predicted octanol–water partition coefficient (Wildman–Crippen LogP) is 5.32. The largest absolute Gasteiger partial charge is 0.573 e. The first-order chi connectivity index (χ1) is 16.6. The monoisotopic (exact) mass is 485 g/mol. The molecule has 1 aromatic heterocycles. The zero-order chi connectivity index (χ0) is 25.2. The number of fused-ring (bicyclic) bond motifs is 1. The molecular formula is C26H26F3N3O3. The van der Waals surface area contributed by atoms with Crippen molar-refractivity contribution in [2.75, 3.05) is 20.7 Å². The van der Waals surface area contributed by atoms with Crippen LogP contribution in [0.5, 0.6) is 11.5 Å². The number of nitrogens with zero attached hydrogens (tertiary/aromatic N) is 2. The van der Waals surface area contributed by atoms with Crippen LogP contribution in [0.1, 0.15) is 34.3 Å². The van der Waals surface area contributed by atoms with Crippen molar-refractivity contribution in [3.05, 3.63) is 77.6 Å². The molecule has 1 saturated carbocycles. The molecule has 0 atom stereocenters. The number of nitrogens with one attached hydrogen (secondary N) is 1. The summed E-state index contributed by atoms with van der Waals surface area (Å²) in [6.45, 7) is 2.95. The first-order valence-electron chi connectivity index (χ1n) is 11.1. The highest BCUT2D eigenvalue weighted by molar-refractivity contribution is 5.97. The molecule has 1 amide bonds. The van der Waals surface area contributed by atoms with Crippen LogP contribution < -0.4 is 14.8 Å². The van der Waals surface area contributed by atoms with Crippen molar-refractivity contribution < 1.29 is 27.4 Å². The standard InChI is InChI=1S/C22H19F3N2O3.C4H7N/c1-13-5-6-14(29-2)10-17(13)20(28)27-21(7-8-21)18-11-15(30-22(23,24)25)12-19-16(18)4-3-9-26-19;1-5-3-2-4-5/h3-6,9-12H,7-8H2,1-2H3,(H,27,28);2-3H,4H2,1H3. The van der Waals surface area contributed by atoms with Gasteiger partial charge in [-0.05, 0) is 67.4 Å². The average molecular weight is 486 g/mol. The maximum Gasteiger partial charge on any atom is 0.573 e. The van der Waals surface area contributed by atoms with Gasteiger partial charge < -0.3 is 19.7 Å². The molecule has 3 aromatic rings. The smallest absolute Gasteiger partial charge is 0.497 e. The van der Waals surface area contributed by atoms with E-state index in [1.54, 1.807) is 30.3 Å². The summed E-state index contributed by atoms with van der Waals surface area (Å²) in [5.74, 6) is -0.129. The minimum atomic E-state index is -4.82. The molecular weight excluding hydrogens is 459 g/mol. The van der Waals surface area contributed by atoms with Crippen molar-refractivity contribution >= 4 is 16.8 Å². The molecule has 184 valence electrons. The van der Waals surface area contributed by atoms with E-state index in [1.165, 1.54) is 25.4 Å². The summed E-state index contributed by atoms with van der Waals surface area (Å²) >= 11 is 0. The molecule has 0 unspecified atom stereocenters. The van der Waals surface area contributed by atoms with Crippen LogP contribution >= 0.6 is 0 Å². The Labute approximate surface area is 201 Å². The second-order valence-electron chi connectivity index (χ2n) is 8.63. The maximum absolute atomic E-state index is 13.0. The van der Waals surface area contributed by atoms with Crippen LogP contribution in [0.3, 0.4) is 0 Å². The molecule has 0 spiro atoms. The van der Waals surface area contributed by atoms with Crippen molar-refractivity contribution in [2.45, 2.75) is 31.7 Å². The van der Waals surface area contributed by atoms with Gasteiger partial charge in [-0.2, -0.15) is 0 Å². The Bertz CT molecular complexity index is 1270.